The van der Waals surface area contributed by atoms with Crippen LogP contribution in [0.1, 0.15) is 18.2 Å². The van der Waals surface area contributed by atoms with Crippen LogP contribution in [0, 0.1) is 6.92 Å². The standard InChI is InChI=1S/C18H18Cl2N2O6S/c1-9-6-22(18(26)21-17(9)25)15-5-13(23)14(28-15)7-27-16(24)8-29-10-2-3-11(19)12(20)4-10/h2-4,6,13-15,23H,5,7-8H2,1H3,(H,21,25,26)/t13-,14+,15+/m0/s1. The zero-order valence-corrected chi connectivity index (χ0v) is 17.6. The molecule has 1 saturated heterocycles. The minimum Gasteiger partial charge on any atom is -0.462 e. The second kappa shape index (κ2) is 9.36. The summed E-state index contributed by atoms with van der Waals surface area (Å²) in [5.41, 5.74) is -0.764. The Balaban J connectivity index is 1.52. The second-order valence-electron chi connectivity index (χ2n) is 6.46. The van der Waals surface area contributed by atoms with E-state index in [2.05, 4.69) is 4.98 Å². The quantitative estimate of drug-likeness (QED) is 0.501. The molecule has 0 aliphatic carbocycles. The van der Waals surface area contributed by atoms with Gasteiger partial charge in [-0.1, -0.05) is 23.2 Å². The summed E-state index contributed by atoms with van der Waals surface area (Å²) in [5, 5.41) is 11.0. The largest absolute Gasteiger partial charge is 0.462 e. The molecule has 0 bridgehead atoms. The van der Waals surface area contributed by atoms with E-state index in [9.17, 15) is 19.5 Å². The third kappa shape index (κ3) is 5.43. The van der Waals surface area contributed by atoms with E-state index in [0.29, 0.717) is 15.6 Å². The highest BCUT2D eigenvalue weighted by Gasteiger charge is 2.36. The van der Waals surface area contributed by atoms with Crippen LogP contribution >= 0.6 is 35.0 Å². The first kappa shape index (κ1) is 21.9. The van der Waals surface area contributed by atoms with E-state index < -0.39 is 35.7 Å². The zero-order valence-electron chi connectivity index (χ0n) is 15.3. The van der Waals surface area contributed by atoms with E-state index in [1.807, 2.05) is 0 Å². The monoisotopic (exact) mass is 460 g/mol. The van der Waals surface area contributed by atoms with Gasteiger partial charge in [0.15, 0.2) is 0 Å². The first-order chi connectivity index (χ1) is 13.7. The highest BCUT2D eigenvalue weighted by Crippen LogP contribution is 2.29. The highest BCUT2D eigenvalue weighted by atomic mass is 35.5. The number of carbonyl (C=O) groups excluding carboxylic acids is 1. The molecule has 1 aliphatic rings. The van der Waals surface area contributed by atoms with Crippen molar-refractivity contribution in [3.63, 3.8) is 0 Å². The molecule has 1 aliphatic heterocycles. The van der Waals surface area contributed by atoms with Crippen LogP contribution in [0.15, 0.2) is 38.9 Å². The van der Waals surface area contributed by atoms with Crippen LogP contribution in [0.2, 0.25) is 10.0 Å². The number of hydrogen-bond donors (Lipinski definition) is 2. The summed E-state index contributed by atoms with van der Waals surface area (Å²) in [5.74, 6) is -0.444. The molecule has 0 radical (unpaired) electrons. The van der Waals surface area contributed by atoms with Gasteiger partial charge in [-0.25, -0.2) is 4.79 Å². The number of esters is 1. The summed E-state index contributed by atoms with van der Waals surface area (Å²) < 4.78 is 12.0. The molecule has 0 unspecified atom stereocenters. The van der Waals surface area contributed by atoms with Gasteiger partial charge in [-0.15, -0.1) is 11.8 Å². The Labute approximate surface area is 179 Å². The Morgan fingerprint density at radius 3 is 2.86 bits per heavy atom. The lowest BCUT2D eigenvalue weighted by molar-refractivity contribution is -0.147. The van der Waals surface area contributed by atoms with Gasteiger partial charge in [0.2, 0.25) is 0 Å². The number of thioether (sulfide) groups is 1. The van der Waals surface area contributed by atoms with Crippen molar-refractivity contribution in [3.05, 3.63) is 60.8 Å². The number of H-pyrrole nitrogens is 1. The molecule has 1 aromatic heterocycles. The molecule has 2 N–H and O–H groups in total. The Morgan fingerprint density at radius 1 is 1.38 bits per heavy atom. The summed E-state index contributed by atoms with van der Waals surface area (Å²) in [4.78, 5) is 38.4. The number of carbonyl (C=O) groups is 1. The number of halogens is 2. The summed E-state index contributed by atoms with van der Waals surface area (Å²) in [6.07, 6.45) is -0.957. The molecule has 0 spiro atoms. The van der Waals surface area contributed by atoms with Crippen molar-refractivity contribution >= 4 is 40.9 Å². The molecule has 156 valence electrons. The first-order valence-corrected chi connectivity index (χ1v) is 10.4. The topological polar surface area (TPSA) is 111 Å². The third-order valence-electron chi connectivity index (χ3n) is 4.32. The number of nitrogens with zero attached hydrogens (tertiary/aromatic N) is 1. The maximum absolute atomic E-state index is 12.0. The van der Waals surface area contributed by atoms with Crippen molar-refractivity contribution in [2.75, 3.05) is 12.4 Å². The molecule has 29 heavy (non-hydrogen) atoms. The van der Waals surface area contributed by atoms with E-state index in [-0.39, 0.29) is 18.8 Å². The van der Waals surface area contributed by atoms with Gasteiger partial charge >= 0.3 is 11.7 Å². The van der Waals surface area contributed by atoms with Crippen molar-refractivity contribution in [2.24, 2.45) is 0 Å². The predicted octanol–water partition coefficient (Wildman–Crippen LogP) is 2.14. The summed E-state index contributed by atoms with van der Waals surface area (Å²) in [6, 6.07) is 5.03. The third-order valence-corrected chi connectivity index (χ3v) is 6.02. The number of ether oxygens (including phenoxy) is 2. The van der Waals surface area contributed by atoms with E-state index in [1.54, 1.807) is 25.1 Å². The van der Waals surface area contributed by atoms with Gasteiger partial charge in [0.25, 0.3) is 5.56 Å². The van der Waals surface area contributed by atoms with Gasteiger partial charge in [0.1, 0.15) is 18.9 Å². The molecular formula is C18H18Cl2N2O6S. The Hall–Kier alpha value is -1.78. The highest BCUT2D eigenvalue weighted by molar-refractivity contribution is 8.00. The van der Waals surface area contributed by atoms with Crippen LogP contribution in [0.25, 0.3) is 0 Å². The van der Waals surface area contributed by atoms with E-state index >= 15 is 0 Å². The Kier molecular flexibility index (Phi) is 7.07. The average molecular weight is 461 g/mol. The van der Waals surface area contributed by atoms with Crippen molar-refractivity contribution < 1.29 is 19.4 Å². The van der Waals surface area contributed by atoms with Crippen molar-refractivity contribution in [2.45, 2.75) is 36.7 Å². The molecule has 0 saturated carbocycles. The van der Waals surface area contributed by atoms with E-state index in [4.69, 9.17) is 32.7 Å². The smallest absolute Gasteiger partial charge is 0.330 e. The fraction of sp³-hybridized carbons (Fsp3) is 0.389. The van der Waals surface area contributed by atoms with Gasteiger partial charge in [0.05, 0.1) is 21.9 Å². The van der Waals surface area contributed by atoms with Gasteiger partial charge in [-0.05, 0) is 25.1 Å². The molecule has 3 atom stereocenters. The van der Waals surface area contributed by atoms with Crippen LogP contribution in [-0.2, 0) is 14.3 Å². The minimum atomic E-state index is -0.922. The number of rotatable bonds is 6. The summed E-state index contributed by atoms with van der Waals surface area (Å²) in [6.45, 7) is 1.40. The second-order valence-corrected chi connectivity index (χ2v) is 8.32. The first-order valence-electron chi connectivity index (χ1n) is 8.63. The molecule has 2 heterocycles. The number of aliphatic hydroxyl groups is 1. The van der Waals surface area contributed by atoms with Crippen molar-refractivity contribution in [3.8, 4) is 0 Å². The molecule has 0 amide bonds. The maximum atomic E-state index is 12.0. The van der Waals surface area contributed by atoms with Crippen LogP contribution in [0.5, 0.6) is 0 Å². The Bertz CT molecular complexity index is 1020. The SMILES string of the molecule is Cc1cn([C@H]2C[C@H](O)[C@@H](COC(=O)CSc3ccc(Cl)c(Cl)c3)O2)c(=O)[nH]c1=O. The fourth-order valence-corrected chi connectivity index (χ4v) is 3.86. The maximum Gasteiger partial charge on any atom is 0.330 e. The number of benzene rings is 1. The van der Waals surface area contributed by atoms with Gasteiger partial charge in [0, 0.05) is 23.1 Å². The molecule has 3 rings (SSSR count). The van der Waals surface area contributed by atoms with Gasteiger partial charge in [-0.2, -0.15) is 0 Å². The minimum absolute atomic E-state index is 0.0444. The van der Waals surface area contributed by atoms with Gasteiger partial charge in [-0.3, -0.25) is 19.1 Å². The Morgan fingerprint density at radius 2 is 2.14 bits per heavy atom. The van der Waals surface area contributed by atoms with Crippen molar-refractivity contribution in [1.82, 2.24) is 9.55 Å². The predicted molar refractivity (Wildman–Crippen MR) is 109 cm³/mol. The van der Waals surface area contributed by atoms with Crippen LogP contribution in [-0.4, -0.2) is 45.2 Å². The normalized spacial score (nSPS) is 21.3. The van der Waals surface area contributed by atoms with Crippen LogP contribution in [0.3, 0.4) is 0 Å². The van der Waals surface area contributed by atoms with Crippen LogP contribution in [0.4, 0.5) is 0 Å². The summed E-state index contributed by atoms with van der Waals surface area (Å²) >= 11 is 13.0. The average Bonchev–Trinajstić information content (AvgIpc) is 3.04. The number of aromatic amines is 1. The number of aryl methyl sites for hydroxylation is 1. The molecule has 2 aromatic rings. The molecular weight excluding hydrogens is 443 g/mol. The molecule has 8 nitrogen and oxygen atoms in total. The van der Waals surface area contributed by atoms with Crippen LogP contribution < -0.4 is 11.2 Å². The fourth-order valence-electron chi connectivity index (χ4n) is 2.76. The van der Waals surface area contributed by atoms with Crippen molar-refractivity contribution in [1.29, 1.82) is 0 Å². The molecule has 1 aromatic carbocycles. The zero-order chi connectivity index (χ0) is 21.1. The number of nitrogens with one attached hydrogen (secondary N) is 1. The van der Waals surface area contributed by atoms with E-state index in [0.717, 1.165) is 4.90 Å². The lowest BCUT2D eigenvalue weighted by atomic mass is 10.2. The molecule has 1 fully saturated rings. The number of aromatic nitrogens is 2. The number of aliphatic hydroxyl groups excluding tert-OH is 1. The lowest BCUT2D eigenvalue weighted by Crippen LogP contribution is -2.33. The summed E-state index contributed by atoms with van der Waals surface area (Å²) in [7, 11) is 0. The van der Waals surface area contributed by atoms with E-state index in [1.165, 1.54) is 22.5 Å². The number of hydrogen-bond acceptors (Lipinski definition) is 7. The lowest BCUT2D eigenvalue weighted by Gasteiger charge is -2.16. The van der Waals surface area contributed by atoms with Gasteiger partial charge < -0.3 is 14.6 Å². The molecule has 11 heteroatoms.